The molecule has 0 saturated carbocycles. The van der Waals surface area contributed by atoms with E-state index < -0.39 is 10.0 Å². The summed E-state index contributed by atoms with van der Waals surface area (Å²) in [7, 11) is -3.57. The Balaban J connectivity index is 1.59. The fourth-order valence-corrected chi connectivity index (χ4v) is 4.79. The fraction of sp³-hybridized carbons (Fsp3) is 0.222. The molecule has 2 aromatic carbocycles. The number of hydrogen-bond donors (Lipinski definition) is 0. The zero-order valence-electron chi connectivity index (χ0n) is 13.4. The number of rotatable bonds is 4. The third kappa shape index (κ3) is 3.08. The predicted octanol–water partition coefficient (Wildman–Crippen LogP) is 2.47. The molecule has 1 fully saturated rings. The number of fused-ring (bicyclic) bond motifs is 1. The van der Waals surface area contributed by atoms with Crippen LogP contribution in [0, 0.1) is 0 Å². The highest BCUT2D eigenvalue weighted by molar-refractivity contribution is 7.89. The Kier molecular flexibility index (Phi) is 4.10. The molecule has 1 saturated heterocycles. The maximum Gasteiger partial charge on any atom is 0.243 e. The lowest BCUT2D eigenvalue weighted by Gasteiger charge is -2.18. The van der Waals surface area contributed by atoms with Gasteiger partial charge in [-0.1, -0.05) is 36.4 Å². The minimum absolute atomic E-state index is 0.221. The van der Waals surface area contributed by atoms with Gasteiger partial charge in [0.25, 0.3) is 0 Å². The van der Waals surface area contributed by atoms with E-state index in [9.17, 15) is 8.42 Å². The molecule has 1 aromatic heterocycles. The average Bonchev–Trinajstić information content (AvgIpc) is 3.11. The van der Waals surface area contributed by atoms with E-state index in [1.165, 1.54) is 10.5 Å². The van der Waals surface area contributed by atoms with Crippen molar-refractivity contribution >= 4 is 20.8 Å². The van der Waals surface area contributed by atoms with Crippen LogP contribution in [0.3, 0.4) is 0 Å². The number of benzene rings is 2. The molecule has 6 nitrogen and oxygen atoms in total. The van der Waals surface area contributed by atoms with Crippen LogP contribution in [0.4, 0.5) is 0 Å². The van der Waals surface area contributed by atoms with Crippen molar-refractivity contribution in [3.8, 4) is 5.88 Å². The molecule has 1 aliphatic rings. The van der Waals surface area contributed by atoms with Crippen LogP contribution in [0.5, 0.6) is 5.88 Å². The van der Waals surface area contributed by atoms with Crippen molar-refractivity contribution in [3.05, 3.63) is 61.1 Å². The number of ether oxygens (including phenoxy) is 1. The van der Waals surface area contributed by atoms with Gasteiger partial charge in [0.2, 0.25) is 15.9 Å². The standard InChI is InChI=1S/C18H17N3O3S/c22-25(23,17-7-3-5-14-4-1-2-6-16(14)17)21-11-8-15(13-21)24-18-12-19-9-10-20-18/h1-7,9-10,12,15H,8,11,13H2. The molecule has 7 heteroatoms. The van der Waals surface area contributed by atoms with Crippen LogP contribution < -0.4 is 4.74 Å². The zero-order chi connectivity index (χ0) is 17.3. The molecule has 0 spiro atoms. The monoisotopic (exact) mass is 355 g/mol. The lowest BCUT2D eigenvalue weighted by Crippen LogP contribution is -2.31. The molecular weight excluding hydrogens is 338 g/mol. The van der Waals surface area contributed by atoms with E-state index in [4.69, 9.17) is 4.74 Å². The summed E-state index contributed by atoms with van der Waals surface area (Å²) in [5.74, 6) is 0.414. The molecule has 2 heterocycles. The van der Waals surface area contributed by atoms with Gasteiger partial charge in [-0.15, -0.1) is 0 Å². The fourth-order valence-electron chi connectivity index (χ4n) is 3.09. The van der Waals surface area contributed by atoms with E-state index >= 15 is 0 Å². The first kappa shape index (κ1) is 16.0. The topological polar surface area (TPSA) is 72.4 Å². The number of nitrogens with zero attached hydrogens (tertiary/aromatic N) is 3. The maximum atomic E-state index is 13.1. The summed E-state index contributed by atoms with van der Waals surface area (Å²) >= 11 is 0. The van der Waals surface area contributed by atoms with Gasteiger partial charge in [-0.3, -0.25) is 4.98 Å². The lowest BCUT2D eigenvalue weighted by molar-refractivity contribution is 0.206. The Bertz CT molecular complexity index is 987. The van der Waals surface area contributed by atoms with E-state index in [1.807, 2.05) is 30.3 Å². The van der Waals surface area contributed by atoms with E-state index in [0.717, 1.165) is 10.8 Å². The first-order valence-corrected chi connectivity index (χ1v) is 9.49. The van der Waals surface area contributed by atoms with Crippen molar-refractivity contribution in [2.75, 3.05) is 13.1 Å². The summed E-state index contributed by atoms with van der Waals surface area (Å²) < 4.78 is 33.4. The first-order valence-electron chi connectivity index (χ1n) is 8.05. The van der Waals surface area contributed by atoms with Crippen molar-refractivity contribution in [2.45, 2.75) is 17.4 Å². The largest absolute Gasteiger partial charge is 0.472 e. The Morgan fingerprint density at radius 2 is 1.92 bits per heavy atom. The second kappa shape index (κ2) is 6.42. The minimum Gasteiger partial charge on any atom is -0.472 e. The second-order valence-electron chi connectivity index (χ2n) is 5.91. The minimum atomic E-state index is -3.57. The predicted molar refractivity (Wildman–Crippen MR) is 93.8 cm³/mol. The molecule has 0 radical (unpaired) electrons. The molecule has 0 aliphatic carbocycles. The molecule has 0 amide bonds. The van der Waals surface area contributed by atoms with Gasteiger partial charge in [0.15, 0.2) is 0 Å². The van der Waals surface area contributed by atoms with E-state index in [-0.39, 0.29) is 6.10 Å². The van der Waals surface area contributed by atoms with Gasteiger partial charge in [0.05, 0.1) is 17.6 Å². The normalized spacial score (nSPS) is 18.5. The molecule has 0 N–H and O–H groups in total. The van der Waals surface area contributed by atoms with Gasteiger partial charge < -0.3 is 4.74 Å². The zero-order valence-corrected chi connectivity index (χ0v) is 14.3. The Hall–Kier alpha value is -2.51. The first-order chi connectivity index (χ1) is 12.1. The van der Waals surface area contributed by atoms with Gasteiger partial charge in [-0.2, -0.15) is 4.31 Å². The van der Waals surface area contributed by atoms with Crippen LogP contribution in [0.1, 0.15) is 6.42 Å². The smallest absolute Gasteiger partial charge is 0.243 e. The van der Waals surface area contributed by atoms with Crippen molar-refractivity contribution in [1.82, 2.24) is 14.3 Å². The van der Waals surface area contributed by atoms with Gasteiger partial charge >= 0.3 is 0 Å². The second-order valence-corrected chi connectivity index (χ2v) is 7.82. The van der Waals surface area contributed by atoms with Crippen molar-refractivity contribution in [1.29, 1.82) is 0 Å². The van der Waals surface area contributed by atoms with E-state index in [1.54, 1.807) is 24.5 Å². The molecule has 1 unspecified atom stereocenters. The van der Waals surface area contributed by atoms with Crippen LogP contribution in [0.15, 0.2) is 66.0 Å². The van der Waals surface area contributed by atoms with Crippen LogP contribution in [-0.4, -0.2) is 41.9 Å². The van der Waals surface area contributed by atoms with Gasteiger partial charge in [-0.25, -0.2) is 13.4 Å². The van der Waals surface area contributed by atoms with Crippen LogP contribution in [-0.2, 0) is 10.0 Å². The van der Waals surface area contributed by atoms with Crippen LogP contribution >= 0.6 is 0 Å². The Morgan fingerprint density at radius 1 is 1.08 bits per heavy atom. The Morgan fingerprint density at radius 3 is 2.76 bits per heavy atom. The maximum absolute atomic E-state index is 13.1. The van der Waals surface area contributed by atoms with Gasteiger partial charge in [0.1, 0.15) is 6.10 Å². The third-order valence-corrected chi connectivity index (χ3v) is 6.23. The average molecular weight is 355 g/mol. The van der Waals surface area contributed by atoms with Crippen molar-refractivity contribution in [3.63, 3.8) is 0 Å². The van der Waals surface area contributed by atoms with Crippen molar-refractivity contribution < 1.29 is 13.2 Å². The number of sulfonamides is 1. The summed E-state index contributed by atoms with van der Waals surface area (Å²) in [5.41, 5.74) is 0. The van der Waals surface area contributed by atoms with Gasteiger partial charge in [0, 0.05) is 24.3 Å². The molecule has 1 aliphatic heterocycles. The molecule has 128 valence electrons. The summed E-state index contributed by atoms with van der Waals surface area (Å²) in [6.45, 7) is 0.735. The SMILES string of the molecule is O=S(=O)(c1cccc2ccccc12)N1CCC(Oc2cnccn2)C1. The summed E-state index contributed by atoms with van der Waals surface area (Å²) in [6, 6.07) is 12.9. The van der Waals surface area contributed by atoms with Crippen molar-refractivity contribution in [2.24, 2.45) is 0 Å². The van der Waals surface area contributed by atoms with Crippen LogP contribution in [0.25, 0.3) is 10.8 Å². The number of hydrogen-bond acceptors (Lipinski definition) is 5. The van der Waals surface area contributed by atoms with Gasteiger partial charge in [-0.05, 0) is 17.9 Å². The highest BCUT2D eigenvalue weighted by Gasteiger charge is 2.34. The molecule has 0 bridgehead atoms. The third-order valence-electron chi connectivity index (χ3n) is 4.30. The molecule has 4 rings (SSSR count). The summed E-state index contributed by atoms with van der Waals surface area (Å²) in [5, 5.41) is 1.65. The summed E-state index contributed by atoms with van der Waals surface area (Å²) in [6.07, 6.45) is 5.05. The molecule has 25 heavy (non-hydrogen) atoms. The molecular formula is C18H17N3O3S. The van der Waals surface area contributed by atoms with Crippen LogP contribution in [0.2, 0.25) is 0 Å². The highest BCUT2D eigenvalue weighted by Crippen LogP contribution is 2.28. The summed E-state index contributed by atoms with van der Waals surface area (Å²) in [4.78, 5) is 8.37. The van der Waals surface area contributed by atoms with E-state index in [0.29, 0.717) is 30.3 Å². The number of aromatic nitrogens is 2. The lowest BCUT2D eigenvalue weighted by atomic mass is 10.1. The highest BCUT2D eigenvalue weighted by atomic mass is 32.2. The molecule has 3 aromatic rings. The van der Waals surface area contributed by atoms with E-state index in [2.05, 4.69) is 9.97 Å². The quantitative estimate of drug-likeness (QED) is 0.719. The molecule has 1 atom stereocenters. The Labute approximate surface area is 146 Å².